The van der Waals surface area contributed by atoms with Crippen molar-refractivity contribution in [2.24, 2.45) is 5.92 Å². The summed E-state index contributed by atoms with van der Waals surface area (Å²) < 4.78 is 43.5. The number of hydrogen-bond donors (Lipinski definition) is 2. The van der Waals surface area contributed by atoms with Gasteiger partial charge in [0.2, 0.25) is 5.91 Å². The maximum Gasteiger partial charge on any atom is 0.416 e. The fourth-order valence-electron chi connectivity index (χ4n) is 5.81. The highest BCUT2D eigenvalue weighted by molar-refractivity contribution is 7.22. The Hall–Kier alpha value is -3.87. The van der Waals surface area contributed by atoms with Gasteiger partial charge in [-0.05, 0) is 72.8 Å². The summed E-state index contributed by atoms with van der Waals surface area (Å²) >= 11 is 1.28. The first-order valence-corrected chi connectivity index (χ1v) is 16.5. The zero-order valence-corrected chi connectivity index (χ0v) is 26.9. The van der Waals surface area contributed by atoms with Crippen LogP contribution in [0.5, 0.6) is 0 Å². The molecule has 1 saturated carbocycles. The second-order valence-electron chi connectivity index (χ2n) is 12.3. The molecule has 4 aromatic rings. The van der Waals surface area contributed by atoms with Crippen LogP contribution in [0, 0.1) is 5.92 Å². The highest BCUT2D eigenvalue weighted by Gasteiger charge is 2.36. The molecule has 0 atom stereocenters. The number of fused-ring (bicyclic) bond motifs is 1. The van der Waals surface area contributed by atoms with E-state index in [0.29, 0.717) is 51.0 Å². The van der Waals surface area contributed by atoms with Gasteiger partial charge < -0.3 is 15.5 Å². The summed E-state index contributed by atoms with van der Waals surface area (Å²) in [5, 5.41) is 6.07. The van der Waals surface area contributed by atoms with E-state index < -0.39 is 17.6 Å². The molecule has 46 heavy (non-hydrogen) atoms. The molecule has 1 aliphatic carbocycles. The van der Waals surface area contributed by atoms with E-state index in [1.54, 1.807) is 30.3 Å². The summed E-state index contributed by atoms with van der Waals surface area (Å²) in [6.45, 7) is 10.0. The molecule has 0 unspecified atom stereocenters. The predicted octanol–water partition coefficient (Wildman–Crippen LogP) is 7.24. The van der Waals surface area contributed by atoms with Crippen molar-refractivity contribution < 1.29 is 22.8 Å². The largest absolute Gasteiger partial charge is 0.416 e. The monoisotopic (exact) mass is 650 g/mol. The number of pyridine rings is 1. The van der Waals surface area contributed by atoms with Crippen LogP contribution in [0.2, 0.25) is 0 Å². The van der Waals surface area contributed by atoms with E-state index in [2.05, 4.69) is 32.3 Å². The quantitative estimate of drug-likeness (QED) is 0.199. The molecule has 2 amide bonds. The fraction of sp³-hybridized carbons (Fsp3) is 0.412. The molecule has 3 heterocycles. The Kier molecular flexibility index (Phi) is 9.13. The van der Waals surface area contributed by atoms with Crippen molar-refractivity contribution in [3.05, 3.63) is 70.8 Å². The number of rotatable bonds is 9. The van der Waals surface area contributed by atoms with E-state index in [9.17, 15) is 22.8 Å². The molecule has 8 nitrogen and oxygen atoms in total. The van der Waals surface area contributed by atoms with E-state index in [0.717, 1.165) is 38.5 Å². The molecule has 0 radical (unpaired) electrons. The Balaban J connectivity index is 1.23. The summed E-state index contributed by atoms with van der Waals surface area (Å²) in [4.78, 5) is 39.7. The van der Waals surface area contributed by atoms with E-state index >= 15 is 0 Å². The minimum absolute atomic E-state index is 0.0269. The molecule has 0 spiro atoms. The first-order chi connectivity index (χ1) is 22.0. The van der Waals surface area contributed by atoms with Crippen LogP contribution in [-0.4, -0.2) is 64.3 Å². The number of hydrogen-bond acceptors (Lipinski definition) is 7. The summed E-state index contributed by atoms with van der Waals surface area (Å²) in [5.74, 6) is -0.660. The summed E-state index contributed by atoms with van der Waals surface area (Å²) in [6.07, 6.45) is -2.78. The van der Waals surface area contributed by atoms with Crippen molar-refractivity contribution in [1.82, 2.24) is 19.8 Å². The molecular formula is C34H37F3N6O2S. The Morgan fingerprint density at radius 1 is 0.978 bits per heavy atom. The van der Waals surface area contributed by atoms with Gasteiger partial charge in [0.25, 0.3) is 5.91 Å². The number of anilines is 2. The molecule has 2 aromatic carbocycles. The van der Waals surface area contributed by atoms with Gasteiger partial charge in [-0.1, -0.05) is 44.2 Å². The van der Waals surface area contributed by atoms with E-state index in [1.807, 2.05) is 26.0 Å². The minimum Gasteiger partial charge on any atom is -0.322 e. The van der Waals surface area contributed by atoms with Crippen molar-refractivity contribution >= 4 is 44.3 Å². The Bertz CT molecular complexity index is 1760. The van der Waals surface area contributed by atoms with Crippen LogP contribution in [-0.2, 0) is 17.5 Å². The van der Waals surface area contributed by atoms with Crippen molar-refractivity contribution in [3.8, 4) is 11.3 Å². The van der Waals surface area contributed by atoms with E-state index in [1.165, 1.54) is 11.3 Å². The first kappa shape index (κ1) is 32.1. The van der Waals surface area contributed by atoms with Crippen molar-refractivity contribution in [2.45, 2.75) is 52.3 Å². The van der Waals surface area contributed by atoms with Gasteiger partial charge in [0.1, 0.15) is 10.3 Å². The molecule has 6 rings (SSSR count). The Morgan fingerprint density at radius 2 is 1.72 bits per heavy atom. The van der Waals surface area contributed by atoms with Crippen LogP contribution >= 0.6 is 11.3 Å². The maximum absolute atomic E-state index is 14.5. The number of piperazine rings is 1. The Labute approximate surface area is 270 Å². The third-order valence-electron chi connectivity index (χ3n) is 8.62. The summed E-state index contributed by atoms with van der Waals surface area (Å²) in [7, 11) is 0. The molecule has 0 bridgehead atoms. The summed E-state index contributed by atoms with van der Waals surface area (Å²) in [6, 6.07) is 13.2. The number of benzene rings is 2. The lowest BCUT2D eigenvalue weighted by Gasteiger charge is -2.35. The van der Waals surface area contributed by atoms with Gasteiger partial charge >= 0.3 is 6.18 Å². The Morgan fingerprint density at radius 3 is 2.39 bits per heavy atom. The molecular weight excluding hydrogens is 613 g/mol. The topological polar surface area (TPSA) is 90.5 Å². The molecule has 1 aliphatic heterocycles. The number of nitrogens with one attached hydrogen (secondary N) is 2. The second kappa shape index (κ2) is 13.1. The molecule has 12 heteroatoms. The molecule has 242 valence electrons. The zero-order chi connectivity index (χ0) is 32.6. The lowest BCUT2D eigenvalue weighted by Crippen LogP contribution is -2.45. The number of thiazole rings is 1. The van der Waals surface area contributed by atoms with Gasteiger partial charge in [0, 0.05) is 55.5 Å². The first-order valence-electron chi connectivity index (χ1n) is 15.7. The molecule has 2 aromatic heterocycles. The number of alkyl halides is 3. The second-order valence-corrected chi connectivity index (χ2v) is 13.3. The third-order valence-corrected chi connectivity index (χ3v) is 9.50. The van der Waals surface area contributed by atoms with Crippen LogP contribution in [0.25, 0.3) is 21.6 Å². The fourth-order valence-corrected chi connectivity index (χ4v) is 6.65. The van der Waals surface area contributed by atoms with Gasteiger partial charge in [0.15, 0.2) is 5.13 Å². The van der Waals surface area contributed by atoms with Gasteiger partial charge in [-0.15, -0.1) is 0 Å². The van der Waals surface area contributed by atoms with Gasteiger partial charge in [-0.2, -0.15) is 13.2 Å². The number of nitrogens with zero attached hydrogens (tertiary/aromatic N) is 4. The third kappa shape index (κ3) is 7.24. The maximum atomic E-state index is 14.5. The number of carbonyl (C=O) groups excluding carboxylic acids is 2. The number of amides is 2. The average Bonchev–Trinajstić information content (AvgIpc) is 3.81. The molecule has 2 N–H and O–H groups in total. The lowest BCUT2D eigenvalue weighted by molar-refractivity contribution is -0.138. The highest BCUT2D eigenvalue weighted by Crippen LogP contribution is 2.39. The SMILES string of the molecule is CCN1CCN(Cc2c(C(C)C)cc(NC(=O)c3cccc(-c4ccc5nc(NC(=O)C6CC6)sc5n4)c3)cc2C(F)(F)F)CC1. The normalized spacial score (nSPS) is 16.2. The van der Waals surface area contributed by atoms with Crippen LogP contribution in [0.1, 0.15) is 66.6 Å². The highest BCUT2D eigenvalue weighted by atomic mass is 32.1. The van der Waals surface area contributed by atoms with Gasteiger partial charge in [-0.25, -0.2) is 9.97 Å². The average molecular weight is 651 g/mol. The van der Waals surface area contributed by atoms with Crippen LogP contribution in [0.3, 0.4) is 0 Å². The number of halogens is 3. The predicted molar refractivity (Wildman–Crippen MR) is 175 cm³/mol. The van der Waals surface area contributed by atoms with E-state index in [-0.39, 0.29) is 35.5 Å². The van der Waals surface area contributed by atoms with Crippen molar-refractivity contribution in [1.29, 1.82) is 0 Å². The zero-order valence-electron chi connectivity index (χ0n) is 26.1. The number of likely N-dealkylation sites (N-methyl/N-ethyl adjacent to an activating group) is 1. The molecule has 2 aliphatic rings. The van der Waals surface area contributed by atoms with E-state index in [4.69, 9.17) is 4.98 Å². The minimum atomic E-state index is -4.58. The van der Waals surface area contributed by atoms with Gasteiger partial charge in [0.05, 0.1) is 11.3 Å². The van der Waals surface area contributed by atoms with Crippen LogP contribution in [0.4, 0.5) is 24.0 Å². The van der Waals surface area contributed by atoms with Gasteiger partial charge in [-0.3, -0.25) is 14.5 Å². The van der Waals surface area contributed by atoms with Crippen LogP contribution < -0.4 is 10.6 Å². The number of carbonyl (C=O) groups is 2. The lowest BCUT2D eigenvalue weighted by atomic mass is 9.91. The summed E-state index contributed by atoms with van der Waals surface area (Å²) in [5.41, 5.74) is 2.46. The number of aromatic nitrogens is 2. The standard InChI is InChI=1S/C34H37F3N6O2S/c1-4-42-12-14-43(15-13-42)19-26-25(20(2)3)17-24(18-27(26)34(35,36)37)38-31(45)23-7-5-6-22(16-23)28-10-11-29-32(39-28)46-33(40-29)41-30(44)21-8-9-21/h5-7,10-11,16-18,20-21H,4,8-9,12-15,19H2,1-3H3,(H,38,45)(H,40,41,44). The van der Waals surface area contributed by atoms with Crippen molar-refractivity contribution in [2.75, 3.05) is 43.4 Å². The van der Waals surface area contributed by atoms with Crippen LogP contribution in [0.15, 0.2) is 48.5 Å². The molecule has 1 saturated heterocycles. The van der Waals surface area contributed by atoms with Crippen molar-refractivity contribution in [3.63, 3.8) is 0 Å². The smallest absolute Gasteiger partial charge is 0.322 e. The molecule has 2 fully saturated rings.